The Morgan fingerprint density at radius 2 is 1.70 bits per heavy atom. The quantitative estimate of drug-likeness (QED) is 0.513. The van der Waals surface area contributed by atoms with Gasteiger partial charge in [-0.2, -0.15) is 0 Å². The topological polar surface area (TPSA) is 40.1 Å². The lowest BCUT2D eigenvalue weighted by molar-refractivity contribution is -0.255. The average molecular weight is 149 g/mol. The van der Waals surface area contributed by atoms with Crippen LogP contribution in [0, 0.1) is 0 Å². The van der Waals surface area contributed by atoms with Crippen molar-refractivity contribution in [3.8, 4) is 0 Å². The van der Waals surface area contributed by atoms with Crippen LogP contribution in [0.1, 0.15) is 10.4 Å². The first kappa shape index (κ1) is 8.91. The van der Waals surface area contributed by atoms with Crippen LogP contribution in [0.25, 0.3) is 0 Å². The van der Waals surface area contributed by atoms with Crippen molar-refractivity contribution in [3.05, 3.63) is 35.9 Å². The molecule has 0 heterocycles. The first-order valence-corrected chi connectivity index (χ1v) is 2.57. The van der Waals surface area contributed by atoms with E-state index in [1.807, 2.05) is 0 Å². The molecule has 0 aromatic heterocycles. The molecule has 0 spiro atoms. The lowest BCUT2D eigenvalue weighted by Gasteiger charge is -1.97. The van der Waals surface area contributed by atoms with E-state index < -0.39 is 5.97 Å². The highest BCUT2D eigenvalue weighted by Gasteiger charge is 1.85. The zero-order valence-electron chi connectivity index (χ0n) is 5.20. The van der Waals surface area contributed by atoms with E-state index >= 15 is 0 Å². The number of carbonyl (C=O) groups is 1. The Balaban J connectivity index is 0.000000810. The van der Waals surface area contributed by atoms with Gasteiger partial charge in [-0.25, -0.2) is 0 Å². The fourth-order valence-electron chi connectivity index (χ4n) is 0.574. The van der Waals surface area contributed by atoms with Gasteiger partial charge in [0, 0.05) is 11.0 Å². The molecule has 0 saturated heterocycles. The molecule has 3 heteroatoms. The second-order valence-electron chi connectivity index (χ2n) is 1.65. The maximum Gasteiger partial charge on any atom is 0.0715 e. The molecule has 0 aliphatic carbocycles. The maximum absolute atomic E-state index is 10.1. The van der Waals surface area contributed by atoms with Gasteiger partial charge in [-0.05, 0) is 5.56 Å². The normalized spacial score (nSPS) is 8.00. The first-order valence-electron chi connectivity index (χ1n) is 2.57. The van der Waals surface area contributed by atoms with Crippen LogP contribution in [-0.4, -0.2) is 16.9 Å². The largest absolute Gasteiger partial charge is 0.545 e. The number of carboxylic acid groups (broad SMARTS) is 1. The predicted molar refractivity (Wildman–Crippen MR) is 36.5 cm³/mol. The minimum absolute atomic E-state index is 0. The highest BCUT2D eigenvalue weighted by molar-refractivity contribution is 5.85. The Hall–Kier alpha value is -1.09. The van der Waals surface area contributed by atoms with Gasteiger partial charge in [-0.3, -0.25) is 0 Å². The minimum atomic E-state index is -1.13. The Labute approximate surface area is 63.5 Å². The van der Waals surface area contributed by atoms with E-state index in [2.05, 4.69) is 0 Å². The molecule has 0 unspecified atom stereocenters. The number of carbonyl (C=O) groups excluding carboxylic acids is 1. The lowest BCUT2D eigenvalue weighted by Crippen LogP contribution is -2.21. The summed E-state index contributed by atoms with van der Waals surface area (Å²) >= 11 is 0. The van der Waals surface area contributed by atoms with Gasteiger partial charge in [0.1, 0.15) is 0 Å². The number of aromatic carboxylic acids is 1. The van der Waals surface area contributed by atoms with Gasteiger partial charge < -0.3 is 9.90 Å². The number of hydrogen-bond donors (Lipinski definition) is 0. The molecule has 2 nitrogen and oxygen atoms in total. The summed E-state index contributed by atoms with van der Waals surface area (Å²) in [5.41, 5.74) is 0.220. The number of benzene rings is 1. The Bertz CT molecular complexity index is 208. The van der Waals surface area contributed by atoms with Gasteiger partial charge in [0.2, 0.25) is 0 Å². The molecule has 0 amide bonds. The summed E-state index contributed by atoms with van der Waals surface area (Å²) in [4.78, 5) is 10.1. The highest BCUT2D eigenvalue weighted by atomic mass is 28.1. The van der Waals surface area contributed by atoms with Gasteiger partial charge in [0.25, 0.3) is 0 Å². The molecule has 0 N–H and O–H groups in total. The smallest absolute Gasteiger partial charge is 0.0715 e. The zero-order chi connectivity index (χ0) is 6.69. The molecular weight excluding hydrogens is 144 g/mol. The standard InChI is InChI=1S/C7H6O2.Si/c8-7(9)6-4-2-1-3-5-6;/h1-5H,(H,8,9);/p-1. The van der Waals surface area contributed by atoms with E-state index in [1.165, 1.54) is 12.1 Å². The minimum Gasteiger partial charge on any atom is -0.545 e. The molecule has 0 atom stereocenters. The van der Waals surface area contributed by atoms with Gasteiger partial charge in [0.15, 0.2) is 0 Å². The van der Waals surface area contributed by atoms with Crippen LogP contribution >= 0.6 is 0 Å². The molecule has 0 aliphatic rings. The summed E-state index contributed by atoms with van der Waals surface area (Å²) in [5, 5.41) is 10.1. The van der Waals surface area contributed by atoms with Crippen LogP contribution in [0.3, 0.4) is 0 Å². The molecule has 0 saturated carbocycles. The third kappa shape index (κ3) is 2.03. The van der Waals surface area contributed by atoms with Crippen molar-refractivity contribution in [3.63, 3.8) is 0 Å². The fraction of sp³-hybridized carbons (Fsp3) is 0. The highest BCUT2D eigenvalue weighted by Crippen LogP contribution is 1.94. The summed E-state index contributed by atoms with van der Waals surface area (Å²) in [6.07, 6.45) is 0. The Morgan fingerprint density at radius 1 is 1.20 bits per heavy atom. The van der Waals surface area contributed by atoms with E-state index in [9.17, 15) is 9.90 Å². The van der Waals surface area contributed by atoms with Crippen molar-refractivity contribution in [2.75, 3.05) is 0 Å². The van der Waals surface area contributed by atoms with Crippen LogP contribution < -0.4 is 5.11 Å². The molecule has 50 valence electrons. The van der Waals surface area contributed by atoms with Crippen molar-refractivity contribution in [2.24, 2.45) is 0 Å². The van der Waals surface area contributed by atoms with Crippen molar-refractivity contribution in [1.82, 2.24) is 0 Å². The van der Waals surface area contributed by atoms with Gasteiger partial charge in [0.05, 0.1) is 5.97 Å². The van der Waals surface area contributed by atoms with Crippen LogP contribution in [-0.2, 0) is 0 Å². The number of rotatable bonds is 1. The van der Waals surface area contributed by atoms with E-state index in [0.717, 1.165) is 0 Å². The van der Waals surface area contributed by atoms with Crippen LogP contribution in [0.15, 0.2) is 30.3 Å². The summed E-state index contributed by atoms with van der Waals surface area (Å²) in [7, 11) is 0. The van der Waals surface area contributed by atoms with E-state index in [1.54, 1.807) is 18.2 Å². The van der Waals surface area contributed by atoms with Gasteiger partial charge in [-0.15, -0.1) is 0 Å². The second kappa shape index (κ2) is 3.84. The molecule has 10 heavy (non-hydrogen) atoms. The van der Waals surface area contributed by atoms with Crippen LogP contribution in [0.5, 0.6) is 0 Å². The molecule has 0 fully saturated rings. The third-order valence-corrected chi connectivity index (χ3v) is 1.01. The molecule has 1 rings (SSSR count). The average Bonchev–Trinajstić information content (AvgIpc) is 1.90. The van der Waals surface area contributed by atoms with Crippen LogP contribution in [0.2, 0.25) is 0 Å². The molecular formula is C7H5O2Si-. The predicted octanol–water partition coefficient (Wildman–Crippen LogP) is -0.331. The maximum atomic E-state index is 10.1. The fourth-order valence-corrected chi connectivity index (χ4v) is 0.574. The molecule has 0 aliphatic heterocycles. The van der Waals surface area contributed by atoms with Gasteiger partial charge in [-0.1, -0.05) is 30.3 Å². The Kier molecular flexibility index (Phi) is 3.42. The molecule has 1 aromatic rings. The van der Waals surface area contributed by atoms with Crippen molar-refractivity contribution in [1.29, 1.82) is 0 Å². The van der Waals surface area contributed by atoms with Crippen molar-refractivity contribution >= 4 is 16.9 Å². The summed E-state index contributed by atoms with van der Waals surface area (Å²) < 4.78 is 0. The van der Waals surface area contributed by atoms with E-state index in [-0.39, 0.29) is 16.5 Å². The number of carboxylic acids is 1. The van der Waals surface area contributed by atoms with Gasteiger partial charge >= 0.3 is 0 Å². The summed E-state index contributed by atoms with van der Waals surface area (Å²) in [6.45, 7) is 0. The monoisotopic (exact) mass is 149 g/mol. The lowest BCUT2D eigenvalue weighted by atomic mass is 10.2. The first-order chi connectivity index (χ1) is 4.30. The van der Waals surface area contributed by atoms with Crippen molar-refractivity contribution in [2.45, 2.75) is 0 Å². The SMILES string of the molecule is O=C([O-])c1ccccc1.[Si]. The van der Waals surface area contributed by atoms with Crippen LogP contribution in [0.4, 0.5) is 0 Å². The molecule has 4 radical (unpaired) electrons. The molecule has 0 bridgehead atoms. The third-order valence-electron chi connectivity index (χ3n) is 1.01. The molecule has 1 aromatic carbocycles. The summed E-state index contributed by atoms with van der Waals surface area (Å²) in [5.74, 6) is -1.13. The van der Waals surface area contributed by atoms with E-state index in [0.29, 0.717) is 0 Å². The Morgan fingerprint density at radius 3 is 2.00 bits per heavy atom. The number of hydrogen-bond acceptors (Lipinski definition) is 2. The van der Waals surface area contributed by atoms with E-state index in [4.69, 9.17) is 0 Å². The second-order valence-corrected chi connectivity index (χ2v) is 1.65. The van der Waals surface area contributed by atoms with Crippen molar-refractivity contribution < 1.29 is 9.90 Å². The summed E-state index contributed by atoms with van der Waals surface area (Å²) in [6, 6.07) is 8.06. The zero-order valence-corrected chi connectivity index (χ0v) is 6.20.